The van der Waals surface area contributed by atoms with Gasteiger partial charge in [-0.25, -0.2) is 0 Å². The quantitative estimate of drug-likeness (QED) is 0.605. The molecule has 0 bridgehead atoms. The standard InChI is InChI=1S/C10H17BrO.C2H4O2/c1-5-8(2)6-7-9(11)10(3,4)12;1-2(3)4/h5,9,12H,1-2,6-7H2,3-4H3;1H3,(H,3,4). The van der Waals surface area contributed by atoms with E-state index in [-0.39, 0.29) is 4.83 Å². The molecule has 3 nitrogen and oxygen atoms in total. The Hall–Kier alpha value is -0.610. The molecule has 0 aromatic heterocycles. The Balaban J connectivity index is 0. The maximum absolute atomic E-state index is 9.57. The number of aliphatic hydroxyl groups is 1. The Labute approximate surface area is 106 Å². The van der Waals surface area contributed by atoms with Crippen molar-refractivity contribution in [1.29, 1.82) is 0 Å². The van der Waals surface area contributed by atoms with Crippen molar-refractivity contribution in [3.8, 4) is 0 Å². The lowest BCUT2D eigenvalue weighted by Crippen LogP contribution is -2.31. The summed E-state index contributed by atoms with van der Waals surface area (Å²) in [5.41, 5.74) is 0.352. The molecule has 0 fully saturated rings. The highest BCUT2D eigenvalue weighted by atomic mass is 79.9. The molecule has 2 N–H and O–H groups in total. The number of rotatable bonds is 5. The van der Waals surface area contributed by atoms with E-state index >= 15 is 0 Å². The molecule has 0 radical (unpaired) electrons. The molecule has 1 atom stereocenters. The van der Waals surface area contributed by atoms with E-state index < -0.39 is 11.6 Å². The first-order valence-corrected chi connectivity index (χ1v) is 5.89. The van der Waals surface area contributed by atoms with E-state index in [1.807, 2.05) is 0 Å². The summed E-state index contributed by atoms with van der Waals surface area (Å²) < 4.78 is 0. The first-order valence-electron chi connectivity index (χ1n) is 4.97. The van der Waals surface area contributed by atoms with Gasteiger partial charge in [0.1, 0.15) is 0 Å². The molecule has 0 saturated carbocycles. The highest BCUT2D eigenvalue weighted by Crippen LogP contribution is 2.23. The summed E-state index contributed by atoms with van der Waals surface area (Å²) in [6, 6.07) is 0. The topological polar surface area (TPSA) is 57.5 Å². The fraction of sp³-hybridized carbons (Fsp3) is 0.583. The zero-order valence-electron chi connectivity index (χ0n) is 10.2. The van der Waals surface area contributed by atoms with Crippen molar-refractivity contribution in [3.05, 3.63) is 24.8 Å². The van der Waals surface area contributed by atoms with Crippen LogP contribution in [0, 0.1) is 0 Å². The van der Waals surface area contributed by atoms with Gasteiger partial charge < -0.3 is 10.2 Å². The second-order valence-electron chi connectivity index (χ2n) is 4.04. The number of carbonyl (C=O) groups is 1. The second kappa shape index (κ2) is 8.53. The molecule has 4 heteroatoms. The first kappa shape index (κ1) is 17.8. The molecule has 94 valence electrons. The van der Waals surface area contributed by atoms with Gasteiger partial charge in [0.25, 0.3) is 5.97 Å². The summed E-state index contributed by atoms with van der Waals surface area (Å²) in [5, 5.41) is 17.0. The van der Waals surface area contributed by atoms with Crippen molar-refractivity contribution >= 4 is 21.9 Å². The van der Waals surface area contributed by atoms with Gasteiger partial charge in [-0.15, -0.1) is 0 Å². The Bertz CT molecular complexity index is 237. The molecule has 0 aromatic rings. The third-order valence-electron chi connectivity index (χ3n) is 1.77. The predicted molar refractivity (Wildman–Crippen MR) is 70.9 cm³/mol. The molecule has 0 aliphatic carbocycles. The summed E-state index contributed by atoms with van der Waals surface area (Å²) >= 11 is 3.43. The van der Waals surface area contributed by atoms with E-state index in [0.717, 1.165) is 25.3 Å². The van der Waals surface area contributed by atoms with Crippen LogP contribution in [0.4, 0.5) is 0 Å². The summed E-state index contributed by atoms with van der Waals surface area (Å²) in [6.45, 7) is 12.1. The van der Waals surface area contributed by atoms with E-state index in [2.05, 4.69) is 29.1 Å². The van der Waals surface area contributed by atoms with Crippen molar-refractivity contribution in [3.63, 3.8) is 0 Å². The number of hydrogen-bond acceptors (Lipinski definition) is 2. The highest BCUT2D eigenvalue weighted by Gasteiger charge is 2.23. The molecule has 0 saturated heterocycles. The third kappa shape index (κ3) is 13.4. The minimum Gasteiger partial charge on any atom is -0.481 e. The minimum atomic E-state index is -0.833. The molecule has 0 spiro atoms. The first-order chi connectivity index (χ1) is 7.11. The van der Waals surface area contributed by atoms with Crippen LogP contribution in [0.25, 0.3) is 0 Å². The molecular weight excluding hydrogens is 272 g/mol. The van der Waals surface area contributed by atoms with Gasteiger partial charge in [-0.05, 0) is 26.7 Å². The largest absolute Gasteiger partial charge is 0.481 e. The van der Waals surface area contributed by atoms with Crippen LogP contribution < -0.4 is 0 Å². The number of halogens is 1. The van der Waals surface area contributed by atoms with Gasteiger partial charge in [-0.2, -0.15) is 0 Å². The normalized spacial score (nSPS) is 12.1. The van der Waals surface area contributed by atoms with Crippen LogP contribution in [-0.2, 0) is 4.79 Å². The lowest BCUT2D eigenvalue weighted by Gasteiger charge is -2.24. The molecule has 0 amide bonds. The van der Waals surface area contributed by atoms with E-state index in [1.54, 1.807) is 19.9 Å². The van der Waals surface area contributed by atoms with E-state index in [9.17, 15) is 5.11 Å². The van der Waals surface area contributed by atoms with Crippen LogP contribution in [0.5, 0.6) is 0 Å². The lowest BCUT2D eigenvalue weighted by molar-refractivity contribution is -0.134. The average molecular weight is 293 g/mol. The summed E-state index contributed by atoms with van der Waals surface area (Å²) in [7, 11) is 0. The molecule has 0 aliphatic heterocycles. The van der Waals surface area contributed by atoms with Crippen LogP contribution in [0.3, 0.4) is 0 Å². The Morgan fingerprint density at radius 3 is 2.19 bits per heavy atom. The van der Waals surface area contributed by atoms with Gasteiger partial charge in [0.05, 0.1) is 5.60 Å². The van der Waals surface area contributed by atoms with Gasteiger partial charge in [-0.1, -0.05) is 40.7 Å². The Kier molecular flexibility index (Phi) is 9.48. The van der Waals surface area contributed by atoms with Gasteiger partial charge in [0, 0.05) is 11.8 Å². The highest BCUT2D eigenvalue weighted by molar-refractivity contribution is 9.09. The van der Waals surface area contributed by atoms with Gasteiger partial charge in [0.2, 0.25) is 0 Å². The van der Waals surface area contributed by atoms with Crippen LogP contribution >= 0.6 is 15.9 Å². The lowest BCUT2D eigenvalue weighted by atomic mass is 9.99. The smallest absolute Gasteiger partial charge is 0.300 e. The number of carboxylic acids is 1. The third-order valence-corrected chi connectivity index (χ3v) is 3.35. The van der Waals surface area contributed by atoms with Crippen LogP contribution in [0.15, 0.2) is 24.8 Å². The number of carboxylic acid groups (broad SMARTS) is 1. The van der Waals surface area contributed by atoms with Crippen molar-refractivity contribution < 1.29 is 15.0 Å². The van der Waals surface area contributed by atoms with Gasteiger partial charge >= 0.3 is 0 Å². The molecule has 0 aliphatic rings. The Morgan fingerprint density at radius 1 is 1.56 bits per heavy atom. The second-order valence-corrected chi connectivity index (χ2v) is 5.15. The van der Waals surface area contributed by atoms with E-state index in [0.29, 0.717) is 0 Å². The van der Waals surface area contributed by atoms with Gasteiger partial charge in [0.15, 0.2) is 0 Å². The molecule has 0 rings (SSSR count). The van der Waals surface area contributed by atoms with Crippen molar-refractivity contribution in [2.45, 2.75) is 44.0 Å². The molecule has 1 unspecified atom stereocenters. The summed E-state index contributed by atoms with van der Waals surface area (Å²) in [5.74, 6) is -0.833. The van der Waals surface area contributed by atoms with E-state index in [4.69, 9.17) is 9.90 Å². The summed E-state index contributed by atoms with van der Waals surface area (Å²) in [4.78, 5) is 9.11. The zero-order chi connectivity index (χ0) is 13.4. The maximum atomic E-state index is 9.57. The SMILES string of the molecule is C=CC(=C)CCC(Br)C(C)(C)O.CC(=O)O. The van der Waals surface area contributed by atoms with Crippen molar-refractivity contribution in [2.75, 3.05) is 0 Å². The van der Waals surface area contributed by atoms with Crippen molar-refractivity contribution in [2.24, 2.45) is 0 Å². The van der Waals surface area contributed by atoms with Gasteiger partial charge in [-0.3, -0.25) is 4.79 Å². The zero-order valence-corrected chi connectivity index (χ0v) is 11.7. The summed E-state index contributed by atoms with van der Waals surface area (Å²) in [6.07, 6.45) is 3.52. The fourth-order valence-electron chi connectivity index (χ4n) is 0.767. The average Bonchev–Trinajstić information content (AvgIpc) is 2.10. The molecule has 0 heterocycles. The number of hydrogen-bond donors (Lipinski definition) is 2. The number of allylic oxidation sites excluding steroid dienone is 2. The van der Waals surface area contributed by atoms with Crippen LogP contribution in [-0.4, -0.2) is 26.6 Å². The molecular formula is C12H21BrO3. The maximum Gasteiger partial charge on any atom is 0.300 e. The Morgan fingerprint density at radius 2 is 1.94 bits per heavy atom. The minimum absolute atomic E-state index is 0.113. The van der Waals surface area contributed by atoms with Crippen molar-refractivity contribution in [1.82, 2.24) is 0 Å². The van der Waals surface area contributed by atoms with Crippen LogP contribution in [0.2, 0.25) is 0 Å². The van der Waals surface area contributed by atoms with Crippen LogP contribution in [0.1, 0.15) is 33.6 Å². The van der Waals surface area contributed by atoms with E-state index in [1.165, 1.54) is 0 Å². The number of aliphatic carboxylic acids is 1. The monoisotopic (exact) mass is 292 g/mol. The predicted octanol–water partition coefficient (Wildman–Crippen LogP) is 3.13. The molecule has 16 heavy (non-hydrogen) atoms. The molecule has 0 aromatic carbocycles. The fourth-order valence-corrected chi connectivity index (χ4v) is 0.996. The number of alkyl halides is 1.